The average Bonchev–Trinajstić information content (AvgIpc) is 2.40. The molecule has 21 heavy (non-hydrogen) atoms. The fourth-order valence-electron chi connectivity index (χ4n) is 1.44. The minimum atomic E-state index is 0.177. The van der Waals surface area contributed by atoms with Gasteiger partial charge in [0, 0.05) is 10.6 Å². The van der Waals surface area contributed by atoms with Gasteiger partial charge >= 0.3 is 0 Å². The monoisotopic (exact) mass is 400 g/mol. The predicted molar refractivity (Wildman–Crippen MR) is 93.9 cm³/mol. The fraction of sp³-hybridized carbons (Fsp3) is 0. The van der Waals surface area contributed by atoms with Gasteiger partial charge in [0.25, 0.3) is 0 Å². The molecule has 0 radical (unpaired) electrons. The molecule has 110 valence electrons. The summed E-state index contributed by atoms with van der Waals surface area (Å²) < 4.78 is 0. The van der Waals surface area contributed by atoms with Crippen molar-refractivity contribution in [3.05, 3.63) is 61.0 Å². The van der Waals surface area contributed by atoms with Crippen molar-refractivity contribution in [3.63, 3.8) is 0 Å². The molecule has 0 aliphatic rings. The number of anilines is 1. The highest BCUT2D eigenvalue weighted by Crippen LogP contribution is 2.33. The Kier molecular flexibility index (Phi) is 5.89. The average molecular weight is 403 g/mol. The summed E-state index contributed by atoms with van der Waals surface area (Å²) in [6.07, 6.45) is 0. The zero-order valence-corrected chi connectivity index (χ0v) is 14.6. The molecule has 8 heteroatoms. The summed E-state index contributed by atoms with van der Waals surface area (Å²) in [4.78, 5) is 0. The first-order valence-electron chi connectivity index (χ1n) is 5.47. The van der Waals surface area contributed by atoms with Gasteiger partial charge in [-0.05, 0) is 24.3 Å². The number of nitrogens with zero attached hydrogens (tertiary/aromatic N) is 1. The van der Waals surface area contributed by atoms with E-state index in [1.165, 1.54) is 0 Å². The second-order valence-corrected chi connectivity index (χ2v) is 6.31. The molecule has 2 rings (SSSR count). The van der Waals surface area contributed by atoms with Crippen LogP contribution < -0.4 is 5.43 Å². The van der Waals surface area contributed by atoms with E-state index in [2.05, 4.69) is 10.5 Å². The minimum Gasteiger partial charge on any atom is -0.274 e. The highest BCUT2D eigenvalue weighted by atomic mass is 35.5. The van der Waals surface area contributed by atoms with Crippen LogP contribution in [0.3, 0.4) is 0 Å². The van der Waals surface area contributed by atoms with Crippen LogP contribution in [0.4, 0.5) is 5.69 Å². The Morgan fingerprint density at radius 2 is 1.43 bits per heavy atom. The molecule has 0 amide bonds. The summed E-state index contributed by atoms with van der Waals surface area (Å²) in [6.45, 7) is 0. The topological polar surface area (TPSA) is 24.4 Å². The number of halogens is 6. The molecular weight excluding hydrogens is 397 g/mol. The van der Waals surface area contributed by atoms with E-state index in [-0.39, 0.29) is 5.17 Å². The van der Waals surface area contributed by atoms with Gasteiger partial charge in [0.05, 0.1) is 25.8 Å². The maximum Gasteiger partial charge on any atom is 0.156 e. The highest BCUT2D eigenvalue weighted by molar-refractivity contribution is 6.69. The van der Waals surface area contributed by atoms with Crippen LogP contribution in [0.2, 0.25) is 25.1 Å². The lowest BCUT2D eigenvalue weighted by Crippen LogP contribution is -1.98. The van der Waals surface area contributed by atoms with Crippen molar-refractivity contribution in [1.29, 1.82) is 0 Å². The first-order valence-corrected chi connectivity index (χ1v) is 7.74. The third-order valence-corrected chi connectivity index (χ3v) is 4.29. The van der Waals surface area contributed by atoms with Crippen LogP contribution in [0.25, 0.3) is 0 Å². The van der Waals surface area contributed by atoms with Gasteiger partial charge in [0.1, 0.15) is 0 Å². The van der Waals surface area contributed by atoms with Crippen LogP contribution in [0.15, 0.2) is 35.4 Å². The van der Waals surface area contributed by atoms with E-state index < -0.39 is 0 Å². The van der Waals surface area contributed by atoms with Gasteiger partial charge in [0.2, 0.25) is 0 Å². The van der Waals surface area contributed by atoms with E-state index in [0.29, 0.717) is 36.4 Å². The Labute approximate surface area is 151 Å². The summed E-state index contributed by atoms with van der Waals surface area (Å²) >= 11 is 35.7. The molecule has 0 aromatic heterocycles. The zero-order chi connectivity index (χ0) is 15.6. The molecule has 0 aliphatic heterocycles. The molecule has 2 aromatic carbocycles. The Morgan fingerprint density at radius 1 is 0.810 bits per heavy atom. The summed E-state index contributed by atoms with van der Waals surface area (Å²) in [6, 6.07) is 7.99. The van der Waals surface area contributed by atoms with Crippen LogP contribution in [0.5, 0.6) is 0 Å². The van der Waals surface area contributed by atoms with E-state index in [4.69, 9.17) is 69.6 Å². The van der Waals surface area contributed by atoms with Crippen LogP contribution >= 0.6 is 69.6 Å². The van der Waals surface area contributed by atoms with Crippen LogP contribution in [-0.2, 0) is 0 Å². The summed E-state index contributed by atoms with van der Waals surface area (Å²) in [5.74, 6) is 0. The molecule has 0 saturated heterocycles. The number of nitrogens with one attached hydrogen (secondary N) is 1. The molecule has 0 fully saturated rings. The molecule has 0 bridgehead atoms. The van der Waals surface area contributed by atoms with Gasteiger partial charge in [-0.2, -0.15) is 5.10 Å². The maximum absolute atomic E-state index is 6.09. The summed E-state index contributed by atoms with van der Waals surface area (Å²) in [7, 11) is 0. The van der Waals surface area contributed by atoms with Gasteiger partial charge in [0.15, 0.2) is 5.17 Å². The van der Waals surface area contributed by atoms with Gasteiger partial charge in [-0.1, -0.05) is 75.7 Å². The molecule has 0 aliphatic carbocycles. The first kappa shape index (κ1) is 17.0. The van der Waals surface area contributed by atoms with Gasteiger partial charge in [-0.3, -0.25) is 5.43 Å². The third kappa shape index (κ3) is 4.32. The Bertz CT molecular complexity index is 691. The van der Waals surface area contributed by atoms with E-state index in [9.17, 15) is 0 Å². The van der Waals surface area contributed by atoms with Crippen molar-refractivity contribution in [2.45, 2.75) is 0 Å². The quantitative estimate of drug-likeness (QED) is 0.435. The van der Waals surface area contributed by atoms with Crippen molar-refractivity contribution in [3.8, 4) is 0 Å². The molecule has 1 N–H and O–H groups in total. The Balaban J connectivity index is 2.26. The zero-order valence-electron chi connectivity index (χ0n) is 10.1. The van der Waals surface area contributed by atoms with E-state index in [0.717, 1.165) is 0 Å². The largest absolute Gasteiger partial charge is 0.274 e. The van der Waals surface area contributed by atoms with Gasteiger partial charge in [-0.15, -0.1) is 0 Å². The summed E-state index contributed by atoms with van der Waals surface area (Å²) in [5.41, 5.74) is 3.70. The number of hydrogen-bond donors (Lipinski definition) is 1. The first-order chi connectivity index (χ1) is 9.88. The van der Waals surface area contributed by atoms with Gasteiger partial charge < -0.3 is 0 Å². The third-order valence-electron chi connectivity index (χ3n) is 2.43. The second kappa shape index (κ2) is 7.28. The minimum absolute atomic E-state index is 0.177. The fourth-order valence-corrected chi connectivity index (χ4v) is 2.80. The van der Waals surface area contributed by atoms with Crippen molar-refractivity contribution in [2.24, 2.45) is 5.10 Å². The smallest absolute Gasteiger partial charge is 0.156 e. The number of hydrogen-bond acceptors (Lipinski definition) is 2. The van der Waals surface area contributed by atoms with Crippen molar-refractivity contribution in [1.82, 2.24) is 0 Å². The molecule has 0 unspecified atom stereocenters. The van der Waals surface area contributed by atoms with Crippen LogP contribution in [-0.4, -0.2) is 5.17 Å². The molecule has 2 nitrogen and oxygen atoms in total. The lowest BCUT2D eigenvalue weighted by molar-refractivity contribution is 1.34. The van der Waals surface area contributed by atoms with Crippen molar-refractivity contribution >= 4 is 80.5 Å². The predicted octanol–water partition coefficient (Wildman–Crippen LogP) is 6.97. The van der Waals surface area contributed by atoms with Crippen LogP contribution in [0.1, 0.15) is 5.56 Å². The number of rotatable bonds is 3. The normalized spacial score (nSPS) is 11.6. The SMILES string of the molecule is Cl/C(=N\Nc1c(Cl)cc(Cl)cc1Cl)c1ccc(Cl)c(Cl)c1. The lowest BCUT2D eigenvalue weighted by Gasteiger charge is -2.07. The highest BCUT2D eigenvalue weighted by Gasteiger charge is 2.08. The maximum atomic E-state index is 6.09. The second-order valence-electron chi connectivity index (χ2n) is 3.89. The van der Waals surface area contributed by atoms with E-state index in [1.807, 2.05) is 0 Å². The molecule has 2 aromatic rings. The summed E-state index contributed by atoms with van der Waals surface area (Å²) in [5, 5.41) is 6.08. The number of hydrazone groups is 1. The van der Waals surface area contributed by atoms with Gasteiger partial charge in [-0.25, -0.2) is 0 Å². The Hall–Kier alpha value is -0.350. The molecule has 0 saturated carbocycles. The molecular formula is C13H6Cl6N2. The number of benzene rings is 2. The Morgan fingerprint density at radius 3 is 2.00 bits per heavy atom. The molecule has 0 spiro atoms. The molecule has 0 atom stereocenters. The van der Waals surface area contributed by atoms with E-state index >= 15 is 0 Å². The van der Waals surface area contributed by atoms with Crippen molar-refractivity contribution in [2.75, 3.05) is 5.43 Å². The standard InChI is InChI=1S/C13H6Cl6N2/c14-7-4-10(17)12(11(18)5-7)20-21-13(19)6-1-2-8(15)9(16)3-6/h1-5,20H/b21-13-. The molecule has 0 heterocycles. The lowest BCUT2D eigenvalue weighted by atomic mass is 10.2. The van der Waals surface area contributed by atoms with Crippen molar-refractivity contribution < 1.29 is 0 Å². The van der Waals surface area contributed by atoms with E-state index in [1.54, 1.807) is 30.3 Å². The van der Waals surface area contributed by atoms with Crippen LogP contribution in [0, 0.1) is 0 Å².